The Balaban J connectivity index is 2.23. The van der Waals surface area contributed by atoms with Gasteiger partial charge in [0.25, 0.3) is 0 Å². The van der Waals surface area contributed by atoms with Gasteiger partial charge in [-0.3, -0.25) is 10.1 Å². The summed E-state index contributed by atoms with van der Waals surface area (Å²) >= 11 is 6.24. The first-order valence-corrected chi connectivity index (χ1v) is 6.80. The van der Waals surface area contributed by atoms with Gasteiger partial charge in [-0.25, -0.2) is 9.97 Å². The minimum absolute atomic E-state index is 0.146. The molecule has 0 atom stereocenters. The van der Waals surface area contributed by atoms with Gasteiger partial charge in [0, 0.05) is 23.0 Å². The Morgan fingerprint density at radius 2 is 2.00 bits per heavy atom. The van der Waals surface area contributed by atoms with Crippen LogP contribution in [-0.4, -0.2) is 23.0 Å². The Labute approximate surface area is 128 Å². The molecule has 1 amide bonds. The molecule has 0 saturated carbocycles. The summed E-state index contributed by atoms with van der Waals surface area (Å²) in [7, 11) is 1.57. The fraction of sp³-hybridized carbons (Fsp3) is 0.267. The van der Waals surface area contributed by atoms with Gasteiger partial charge in [-0.05, 0) is 37.1 Å². The van der Waals surface area contributed by atoms with E-state index in [0.29, 0.717) is 10.8 Å². The Bertz CT molecular complexity index is 660. The van der Waals surface area contributed by atoms with Crippen molar-refractivity contribution in [1.29, 1.82) is 0 Å². The van der Waals surface area contributed by atoms with E-state index >= 15 is 0 Å². The minimum Gasteiger partial charge on any atom is -0.496 e. The van der Waals surface area contributed by atoms with E-state index in [1.807, 2.05) is 19.9 Å². The molecule has 1 heterocycles. The topological polar surface area (TPSA) is 64.1 Å². The van der Waals surface area contributed by atoms with E-state index in [1.165, 1.54) is 0 Å². The minimum atomic E-state index is -0.220. The van der Waals surface area contributed by atoms with Crippen LogP contribution in [0.4, 0.5) is 5.95 Å². The normalized spacial score (nSPS) is 10.3. The number of methoxy groups -OCH3 is 1. The Morgan fingerprint density at radius 3 is 2.62 bits per heavy atom. The van der Waals surface area contributed by atoms with Crippen molar-refractivity contribution >= 4 is 23.5 Å². The van der Waals surface area contributed by atoms with Gasteiger partial charge < -0.3 is 4.74 Å². The van der Waals surface area contributed by atoms with Gasteiger partial charge in [0.2, 0.25) is 11.9 Å². The molecule has 0 saturated heterocycles. The molecule has 6 heteroatoms. The quantitative estimate of drug-likeness (QED) is 0.943. The highest BCUT2D eigenvalue weighted by atomic mass is 35.5. The van der Waals surface area contributed by atoms with E-state index in [-0.39, 0.29) is 18.3 Å². The van der Waals surface area contributed by atoms with Crippen LogP contribution in [0.2, 0.25) is 5.02 Å². The van der Waals surface area contributed by atoms with Crippen molar-refractivity contribution < 1.29 is 9.53 Å². The summed E-state index contributed by atoms with van der Waals surface area (Å²) in [4.78, 5) is 20.0. The van der Waals surface area contributed by atoms with Gasteiger partial charge in [-0.1, -0.05) is 11.6 Å². The number of nitrogens with one attached hydrogen (secondary N) is 1. The van der Waals surface area contributed by atoms with E-state index in [1.54, 1.807) is 25.6 Å². The van der Waals surface area contributed by atoms with E-state index in [4.69, 9.17) is 16.3 Å². The maximum Gasteiger partial charge on any atom is 0.231 e. The predicted molar refractivity (Wildman–Crippen MR) is 81.8 cm³/mol. The van der Waals surface area contributed by atoms with E-state index in [2.05, 4.69) is 15.3 Å². The first-order chi connectivity index (χ1) is 10.0. The lowest BCUT2D eigenvalue weighted by Crippen LogP contribution is -2.17. The zero-order chi connectivity index (χ0) is 15.4. The molecular weight excluding hydrogens is 290 g/mol. The van der Waals surface area contributed by atoms with Crippen molar-refractivity contribution in [2.45, 2.75) is 20.3 Å². The van der Waals surface area contributed by atoms with Crippen molar-refractivity contribution in [2.75, 3.05) is 12.4 Å². The van der Waals surface area contributed by atoms with Crippen LogP contribution in [0.3, 0.4) is 0 Å². The number of hydrogen-bond donors (Lipinski definition) is 1. The molecule has 1 aromatic heterocycles. The molecule has 0 aliphatic carbocycles. The van der Waals surface area contributed by atoms with E-state index in [0.717, 1.165) is 16.7 Å². The highest BCUT2D eigenvalue weighted by molar-refractivity contribution is 6.32. The number of carbonyl (C=O) groups excluding carboxylic acids is 1. The second-order valence-corrected chi connectivity index (χ2v) is 4.99. The number of hydrogen-bond acceptors (Lipinski definition) is 4. The number of amides is 1. The maximum absolute atomic E-state index is 12.1. The fourth-order valence-electron chi connectivity index (χ4n) is 2.06. The molecule has 2 aromatic rings. The summed E-state index contributed by atoms with van der Waals surface area (Å²) in [5.41, 5.74) is 2.53. The van der Waals surface area contributed by atoms with Crippen molar-refractivity contribution in [3.8, 4) is 5.75 Å². The highest BCUT2D eigenvalue weighted by Crippen LogP contribution is 2.31. The molecule has 0 bridgehead atoms. The summed E-state index contributed by atoms with van der Waals surface area (Å²) in [5.74, 6) is 0.707. The summed E-state index contributed by atoms with van der Waals surface area (Å²) in [6.45, 7) is 3.78. The highest BCUT2D eigenvalue weighted by Gasteiger charge is 2.16. The summed E-state index contributed by atoms with van der Waals surface area (Å²) in [6, 6.07) is 3.51. The van der Waals surface area contributed by atoms with Crippen LogP contribution < -0.4 is 10.1 Å². The molecule has 1 N–H and O–H groups in total. The van der Waals surface area contributed by atoms with Crippen molar-refractivity contribution in [1.82, 2.24) is 9.97 Å². The Morgan fingerprint density at radius 1 is 1.33 bits per heavy atom. The number of ether oxygens (including phenoxy) is 1. The molecule has 0 aliphatic rings. The third kappa shape index (κ3) is 3.49. The molecule has 2 rings (SSSR count). The Hall–Kier alpha value is -2.14. The van der Waals surface area contributed by atoms with Gasteiger partial charge in [0.15, 0.2) is 0 Å². The van der Waals surface area contributed by atoms with Crippen LogP contribution in [0.25, 0.3) is 0 Å². The number of nitrogens with zero attached hydrogens (tertiary/aromatic N) is 2. The molecule has 110 valence electrons. The molecule has 5 nitrogen and oxygen atoms in total. The smallest absolute Gasteiger partial charge is 0.231 e. The predicted octanol–water partition coefficient (Wildman–Crippen LogP) is 2.94. The van der Waals surface area contributed by atoms with Gasteiger partial charge in [-0.15, -0.1) is 0 Å². The standard InChI is InChI=1S/C15H16ClN3O2/c1-9-7-12(21-3)11(10(2)14(9)16)8-13(20)19-15-17-5-4-6-18-15/h4-7H,8H2,1-3H3,(H,17,18,19,20). The van der Waals surface area contributed by atoms with E-state index in [9.17, 15) is 4.79 Å². The molecule has 21 heavy (non-hydrogen) atoms. The van der Waals surface area contributed by atoms with Crippen molar-refractivity contribution in [3.05, 3.63) is 46.2 Å². The maximum atomic E-state index is 12.1. The lowest BCUT2D eigenvalue weighted by atomic mass is 10.0. The third-order valence-electron chi connectivity index (χ3n) is 3.15. The lowest BCUT2D eigenvalue weighted by molar-refractivity contribution is -0.115. The summed E-state index contributed by atoms with van der Waals surface area (Å²) < 4.78 is 5.34. The second kappa shape index (κ2) is 6.54. The number of anilines is 1. The SMILES string of the molecule is COc1cc(C)c(Cl)c(C)c1CC(=O)Nc1ncccn1. The number of halogens is 1. The van der Waals surface area contributed by atoms with Crippen molar-refractivity contribution in [3.63, 3.8) is 0 Å². The summed E-state index contributed by atoms with van der Waals surface area (Å²) in [5, 5.41) is 3.29. The number of aryl methyl sites for hydroxylation is 1. The molecule has 0 unspecified atom stereocenters. The molecule has 0 aliphatic heterocycles. The zero-order valence-electron chi connectivity index (χ0n) is 12.1. The third-order valence-corrected chi connectivity index (χ3v) is 3.73. The first-order valence-electron chi connectivity index (χ1n) is 6.42. The van der Waals surface area contributed by atoms with Gasteiger partial charge >= 0.3 is 0 Å². The number of benzene rings is 1. The monoisotopic (exact) mass is 305 g/mol. The van der Waals surface area contributed by atoms with Crippen molar-refractivity contribution in [2.24, 2.45) is 0 Å². The average molecular weight is 306 g/mol. The second-order valence-electron chi connectivity index (χ2n) is 4.61. The number of carbonyl (C=O) groups is 1. The average Bonchev–Trinajstić information content (AvgIpc) is 2.48. The van der Waals surface area contributed by atoms with Gasteiger partial charge in [-0.2, -0.15) is 0 Å². The lowest BCUT2D eigenvalue weighted by Gasteiger charge is -2.14. The van der Waals surface area contributed by atoms with Gasteiger partial charge in [0.05, 0.1) is 13.5 Å². The molecule has 0 spiro atoms. The van der Waals surface area contributed by atoms with Crippen LogP contribution >= 0.6 is 11.6 Å². The zero-order valence-corrected chi connectivity index (χ0v) is 12.9. The number of aromatic nitrogens is 2. The number of rotatable bonds is 4. The van der Waals surface area contributed by atoms with Crippen LogP contribution in [0, 0.1) is 13.8 Å². The van der Waals surface area contributed by atoms with Crippen LogP contribution in [0.15, 0.2) is 24.5 Å². The van der Waals surface area contributed by atoms with Crippen LogP contribution in [0.5, 0.6) is 5.75 Å². The van der Waals surface area contributed by atoms with E-state index < -0.39 is 0 Å². The van der Waals surface area contributed by atoms with Gasteiger partial charge in [0.1, 0.15) is 5.75 Å². The molecule has 1 aromatic carbocycles. The Kier molecular flexibility index (Phi) is 4.75. The molecular formula is C15H16ClN3O2. The largest absolute Gasteiger partial charge is 0.496 e. The fourth-order valence-corrected chi connectivity index (χ4v) is 2.22. The van der Waals surface area contributed by atoms with Crippen LogP contribution in [-0.2, 0) is 11.2 Å². The summed E-state index contributed by atoms with van der Waals surface area (Å²) in [6.07, 6.45) is 3.28. The molecule has 0 radical (unpaired) electrons. The first kappa shape index (κ1) is 15.3. The molecule has 0 fully saturated rings. The van der Waals surface area contributed by atoms with Crippen LogP contribution in [0.1, 0.15) is 16.7 Å².